The first-order chi connectivity index (χ1) is 27.5. The van der Waals surface area contributed by atoms with Crippen LogP contribution in [0.5, 0.6) is 0 Å². The number of imidazole rings is 1. The van der Waals surface area contributed by atoms with Crippen LogP contribution in [-0.2, 0) is 11.8 Å². The van der Waals surface area contributed by atoms with Gasteiger partial charge in [0, 0.05) is 62.2 Å². The second-order valence-electron chi connectivity index (χ2n) is 15.8. The van der Waals surface area contributed by atoms with E-state index < -0.39 is 0 Å². The molecule has 0 radical (unpaired) electrons. The third kappa shape index (κ3) is 4.31. The molecule has 5 heteroatoms. The highest BCUT2D eigenvalue weighted by molar-refractivity contribution is 6.09. The first kappa shape index (κ1) is 31.4. The van der Waals surface area contributed by atoms with Crippen LogP contribution >= 0.6 is 0 Å². The summed E-state index contributed by atoms with van der Waals surface area (Å²) >= 11 is 0. The van der Waals surface area contributed by atoms with E-state index in [0.717, 1.165) is 46.7 Å². The van der Waals surface area contributed by atoms with Gasteiger partial charge in [-0.2, -0.15) is 0 Å². The second-order valence-corrected chi connectivity index (χ2v) is 15.8. The summed E-state index contributed by atoms with van der Waals surface area (Å²) in [6, 6.07) is 48.9. The Morgan fingerprint density at radius 3 is 1.96 bits per heavy atom. The van der Waals surface area contributed by atoms with Crippen molar-refractivity contribution in [2.45, 2.75) is 32.1 Å². The van der Waals surface area contributed by atoms with Crippen molar-refractivity contribution in [3.05, 3.63) is 181 Å². The zero-order valence-electron chi connectivity index (χ0n) is 31.2. The molecule has 2 aliphatic rings. The van der Waals surface area contributed by atoms with Crippen molar-refractivity contribution in [2.24, 2.45) is 0 Å². The third-order valence-corrected chi connectivity index (χ3v) is 12.5. The summed E-state index contributed by atoms with van der Waals surface area (Å²) in [5.41, 5.74) is 18.9. The van der Waals surface area contributed by atoms with Crippen molar-refractivity contribution in [1.82, 2.24) is 23.5 Å². The average Bonchev–Trinajstić information content (AvgIpc) is 3.98. The Kier molecular flexibility index (Phi) is 6.45. The van der Waals surface area contributed by atoms with E-state index in [1.165, 1.54) is 71.9 Å². The van der Waals surface area contributed by atoms with Crippen LogP contribution in [0.3, 0.4) is 0 Å². The molecular weight excluding hydrogens is 683 g/mol. The molecule has 0 bridgehead atoms. The molecule has 0 saturated heterocycles. The summed E-state index contributed by atoms with van der Waals surface area (Å²) in [5.74, 6) is 0. The van der Waals surface area contributed by atoms with Crippen molar-refractivity contribution in [2.75, 3.05) is 0 Å². The standard InChI is InChI=1S/C51H37N5/c1-51(2)42-29-33(21-25-36(42)37-26-24-35(30-43(37)51)56-46-17-9-5-13-40(46)41-14-6-10-18-47(41)56)48-31-53-50-49(52-27-28-54(48)50)32-19-22-34(23-20-32)55-44-15-7-3-11-38(44)39-12-4-8-16-45(39)55/h3-5,7-13,15-31H,6,14H2,1-2H3. The zero-order chi connectivity index (χ0) is 37.1. The lowest BCUT2D eigenvalue weighted by atomic mass is 9.81. The zero-order valence-corrected chi connectivity index (χ0v) is 31.2. The summed E-state index contributed by atoms with van der Waals surface area (Å²) in [5, 5.41) is 3.88. The molecule has 0 aliphatic heterocycles. The largest absolute Gasteiger partial charge is 0.310 e. The van der Waals surface area contributed by atoms with Gasteiger partial charge in [0.1, 0.15) is 5.69 Å². The molecule has 0 fully saturated rings. The third-order valence-electron chi connectivity index (χ3n) is 12.5. The Balaban J connectivity index is 0.911. The van der Waals surface area contributed by atoms with Gasteiger partial charge in [-0.15, -0.1) is 0 Å². The highest BCUT2D eigenvalue weighted by Crippen LogP contribution is 2.51. The molecule has 5 nitrogen and oxygen atoms in total. The number of benzene rings is 6. The highest BCUT2D eigenvalue weighted by atomic mass is 15.0. The number of allylic oxidation sites excluding steroid dienone is 1. The predicted molar refractivity (Wildman–Crippen MR) is 230 cm³/mol. The fraction of sp³-hybridized carbons (Fsp3) is 0.0980. The summed E-state index contributed by atoms with van der Waals surface area (Å²) in [4.78, 5) is 9.85. The Morgan fingerprint density at radius 1 is 0.589 bits per heavy atom. The SMILES string of the molecule is CC1(C)c2cc(-c3cnc4c(-c5ccc(-n6c7ccccc7c7ccccc76)cc5)nccn34)ccc2-c2ccc(-n3c4c(c5ccccc53)CCC=C4)cc21. The van der Waals surface area contributed by atoms with Gasteiger partial charge in [0.15, 0.2) is 5.65 Å². The normalized spacial score (nSPS) is 14.2. The molecular formula is C51H37N5. The molecule has 0 unspecified atom stereocenters. The number of aromatic nitrogens is 5. The van der Waals surface area contributed by atoms with E-state index in [-0.39, 0.29) is 5.41 Å². The molecule has 4 heterocycles. The van der Waals surface area contributed by atoms with Gasteiger partial charge in [-0.1, -0.05) is 105 Å². The van der Waals surface area contributed by atoms with E-state index in [1.54, 1.807) is 0 Å². The number of aryl methyl sites for hydroxylation is 1. The van der Waals surface area contributed by atoms with E-state index in [0.29, 0.717) is 0 Å². The van der Waals surface area contributed by atoms with Crippen molar-refractivity contribution in [3.8, 4) is 45.0 Å². The van der Waals surface area contributed by atoms with Gasteiger partial charge in [0.05, 0.1) is 28.4 Å². The monoisotopic (exact) mass is 719 g/mol. The molecule has 56 heavy (non-hydrogen) atoms. The lowest BCUT2D eigenvalue weighted by Crippen LogP contribution is -2.15. The number of hydrogen-bond donors (Lipinski definition) is 0. The van der Waals surface area contributed by atoms with Gasteiger partial charge < -0.3 is 9.13 Å². The molecule has 12 rings (SSSR count). The maximum Gasteiger partial charge on any atom is 0.163 e. The Bertz CT molecular complexity index is 3220. The van der Waals surface area contributed by atoms with E-state index >= 15 is 0 Å². The summed E-state index contributed by atoms with van der Waals surface area (Å²) < 4.78 is 7.00. The van der Waals surface area contributed by atoms with Gasteiger partial charge in [-0.25, -0.2) is 4.98 Å². The van der Waals surface area contributed by atoms with Crippen LogP contribution in [-0.4, -0.2) is 23.5 Å². The van der Waals surface area contributed by atoms with Crippen LogP contribution < -0.4 is 0 Å². The van der Waals surface area contributed by atoms with Crippen LogP contribution in [0, 0.1) is 0 Å². The topological polar surface area (TPSA) is 40.1 Å². The number of hydrogen-bond acceptors (Lipinski definition) is 2. The summed E-state index contributed by atoms with van der Waals surface area (Å²) in [6.07, 6.45) is 12.7. The summed E-state index contributed by atoms with van der Waals surface area (Å²) in [6.45, 7) is 4.74. The van der Waals surface area contributed by atoms with Crippen molar-refractivity contribution >= 4 is 44.4 Å². The number of para-hydroxylation sites is 3. The summed E-state index contributed by atoms with van der Waals surface area (Å²) in [7, 11) is 0. The second kappa shape index (κ2) is 11.5. The molecule has 0 spiro atoms. The van der Waals surface area contributed by atoms with E-state index in [2.05, 4.69) is 173 Å². The minimum absolute atomic E-state index is 0.180. The van der Waals surface area contributed by atoms with Crippen LogP contribution in [0.4, 0.5) is 0 Å². The molecule has 0 N–H and O–H groups in total. The number of fused-ring (bicyclic) bond motifs is 10. The predicted octanol–water partition coefficient (Wildman–Crippen LogP) is 12.4. The van der Waals surface area contributed by atoms with Gasteiger partial charge in [0.25, 0.3) is 0 Å². The lowest BCUT2D eigenvalue weighted by Gasteiger charge is -2.23. The quantitative estimate of drug-likeness (QED) is 0.182. The molecule has 0 atom stereocenters. The fourth-order valence-corrected chi connectivity index (χ4v) is 9.79. The fourth-order valence-electron chi connectivity index (χ4n) is 9.79. The van der Waals surface area contributed by atoms with Gasteiger partial charge >= 0.3 is 0 Å². The van der Waals surface area contributed by atoms with Gasteiger partial charge in [-0.05, 0) is 95.3 Å². The molecule has 4 aromatic heterocycles. The van der Waals surface area contributed by atoms with E-state index in [4.69, 9.17) is 9.97 Å². The van der Waals surface area contributed by atoms with E-state index in [9.17, 15) is 0 Å². The van der Waals surface area contributed by atoms with Crippen LogP contribution in [0.25, 0.3) is 89.4 Å². The smallest absolute Gasteiger partial charge is 0.163 e. The first-order valence-corrected chi connectivity index (χ1v) is 19.5. The Labute approximate surface area is 324 Å². The van der Waals surface area contributed by atoms with Crippen molar-refractivity contribution in [1.29, 1.82) is 0 Å². The molecule has 2 aliphatic carbocycles. The Hall–Kier alpha value is -6.98. The molecule has 266 valence electrons. The molecule has 10 aromatic rings. The van der Waals surface area contributed by atoms with Gasteiger partial charge in [0.2, 0.25) is 0 Å². The van der Waals surface area contributed by atoms with Crippen molar-refractivity contribution in [3.63, 3.8) is 0 Å². The van der Waals surface area contributed by atoms with Gasteiger partial charge in [-0.3, -0.25) is 9.38 Å². The molecule has 0 saturated carbocycles. The highest BCUT2D eigenvalue weighted by Gasteiger charge is 2.36. The van der Waals surface area contributed by atoms with Crippen molar-refractivity contribution < 1.29 is 0 Å². The van der Waals surface area contributed by atoms with Crippen LogP contribution in [0.15, 0.2) is 158 Å². The minimum Gasteiger partial charge on any atom is -0.310 e. The maximum atomic E-state index is 4.98. The van der Waals surface area contributed by atoms with Crippen LogP contribution in [0.2, 0.25) is 0 Å². The molecule has 6 aromatic carbocycles. The first-order valence-electron chi connectivity index (χ1n) is 19.5. The number of rotatable bonds is 4. The Morgan fingerprint density at radius 2 is 1.21 bits per heavy atom. The molecule has 0 amide bonds. The minimum atomic E-state index is -0.180. The lowest BCUT2D eigenvalue weighted by molar-refractivity contribution is 0.660. The maximum absolute atomic E-state index is 4.98. The average molecular weight is 720 g/mol. The van der Waals surface area contributed by atoms with E-state index in [1.807, 2.05) is 18.6 Å². The van der Waals surface area contributed by atoms with Crippen LogP contribution in [0.1, 0.15) is 42.7 Å². The number of nitrogens with zero attached hydrogens (tertiary/aromatic N) is 5.